The summed E-state index contributed by atoms with van der Waals surface area (Å²) in [6, 6.07) is 8.16. The number of hydrogen-bond acceptors (Lipinski definition) is 4. The molecule has 0 radical (unpaired) electrons. The van der Waals surface area contributed by atoms with Gasteiger partial charge in [0.15, 0.2) is 5.76 Å². The van der Waals surface area contributed by atoms with Gasteiger partial charge < -0.3 is 14.9 Å². The molecule has 0 aliphatic heterocycles. The summed E-state index contributed by atoms with van der Waals surface area (Å²) in [4.78, 5) is 11.9. The van der Waals surface area contributed by atoms with Crippen molar-refractivity contribution in [3.8, 4) is 5.75 Å². The van der Waals surface area contributed by atoms with E-state index in [9.17, 15) is 4.79 Å². The van der Waals surface area contributed by atoms with Crippen LogP contribution in [0.15, 0.2) is 41.0 Å². The van der Waals surface area contributed by atoms with Crippen molar-refractivity contribution in [1.82, 2.24) is 0 Å². The maximum atomic E-state index is 11.9. The standard InChI is InChI=1S/C12H11NO3/c1-15-11-7-8(4-5-9(11)13)12(14)10-3-2-6-16-10/h2-7H,13H2,1H3. The Bertz CT molecular complexity index is 503. The van der Waals surface area contributed by atoms with Crippen molar-refractivity contribution >= 4 is 11.5 Å². The highest BCUT2D eigenvalue weighted by molar-refractivity contribution is 6.07. The molecule has 0 spiro atoms. The Labute approximate surface area is 92.6 Å². The molecule has 2 aromatic rings. The molecule has 0 aliphatic carbocycles. The molecule has 0 aliphatic rings. The molecule has 1 heterocycles. The monoisotopic (exact) mass is 217 g/mol. The number of anilines is 1. The van der Waals surface area contributed by atoms with Crippen LogP contribution in [0.3, 0.4) is 0 Å². The van der Waals surface area contributed by atoms with Crippen LogP contribution in [0.4, 0.5) is 5.69 Å². The maximum Gasteiger partial charge on any atom is 0.228 e. The molecule has 2 N–H and O–H groups in total. The summed E-state index contributed by atoms with van der Waals surface area (Å²) >= 11 is 0. The third-order valence-corrected chi connectivity index (χ3v) is 2.24. The average molecular weight is 217 g/mol. The molecule has 4 heteroatoms. The first-order valence-electron chi connectivity index (χ1n) is 4.74. The number of hydrogen-bond donors (Lipinski definition) is 1. The molecule has 0 saturated carbocycles. The summed E-state index contributed by atoms with van der Waals surface area (Å²) in [5, 5.41) is 0. The van der Waals surface area contributed by atoms with Crippen molar-refractivity contribution in [1.29, 1.82) is 0 Å². The first-order chi connectivity index (χ1) is 7.72. The Morgan fingerprint density at radius 1 is 1.38 bits per heavy atom. The molecule has 2 rings (SSSR count). The molecule has 16 heavy (non-hydrogen) atoms. The second kappa shape index (κ2) is 4.10. The fourth-order valence-electron chi connectivity index (χ4n) is 1.40. The van der Waals surface area contributed by atoms with Gasteiger partial charge in [-0.25, -0.2) is 0 Å². The largest absolute Gasteiger partial charge is 0.495 e. The lowest BCUT2D eigenvalue weighted by molar-refractivity contribution is 0.101. The van der Waals surface area contributed by atoms with Gasteiger partial charge in [0.25, 0.3) is 0 Å². The van der Waals surface area contributed by atoms with Crippen LogP contribution in [0, 0.1) is 0 Å². The van der Waals surface area contributed by atoms with Gasteiger partial charge in [0.1, 0.15) is 5.75 Å². The molecule has 0 unspecified atom stereocenters. The number of methoxy groups -OCH3 is 1. The van der Waals surface area contributed by atoms with Gasteiger partial charge in [-0.05, 0) is 30.3 Å². The summed E-state index contributed by atoms with van der Waals surface area (Å²) in [5.41, 5.74) is 6.64. The predicted molar refractivity (Wildman–Crippen MR) is 59.5 cm³/mol. The van der Waals surface area contributed by atoms with Crippen LogP contribution >= 0.6 is 0 Å². The van der Waals surface area contributed by atoms with Gasteiger partial charge in [-0.2, -0.15) is 0 Å². The van der Waals surface area contributed by atoms with Crippen molar-refractivity contribution in [2.75, 3.05) is 12.8 Å². The van der Waals surface area contributed by atoms with Gasteiger partial charge in [-0.3, -0.25) is 4.79 Å². The van der Waals surface area contributed by atoms with Gasteiger partial charge in [0, 0.05) is 5.56 Å². The first-order valence-corrected chi connectivity index (χ1v) is 4.74. The Hall–Kier alpha value is -2.23. The van der Waals surface area contributed by atoms with Gasteiger partial charge in [-0.1, -0.05) is 0 Å². The van der Waals surface area contributed by atoms with E-state index in [0.29, 0.717) is 22.8 Å². The molecule has 0 atom stereocenters. The highest BCUT2D eigenvalue weighted by Crippen LogP contribution is 2.23. The number of carbonyl (C=O) groups is 1. The normalized spacial score (nSPS) is 10.1. The zero-order valence-electron chi connectivity index (χ0n) is 8.77. The molecule has 82 valence electrons. The number of rotatable bonds is 3. The van der Waals surface area contributed by atoms with E-state index in [0.717, 1.165) is 0 Å². The summed E-state index contributed by atoms with van der Waals surface area (Å²) in [6.07, 6.45) is 1.46. The summed E-state index contributed by atoms with van der Waals surface area (Å²) in [6.45, 7) is 0. The van der Waals surface area contributed by atoms with E-state index < -0.39 is 0 Å². The fourth-order valence-corrected chi connectivity index (χ4v) is 1.40. The van der Waals surface area contributed by atoms with Crippen LogP contribution in [0.25, 0.3) is 0 Å². The number of nitrogens with two attached hydrogens (primary N) is 1. The Morgan fingerprint density at radius 2 is 2.19 bits per heavy atom. The minimum absolute atomic E-state index is 0.191. The average Bonchev–Trinajstić information content (AvgIpc) is 2.82. The molecule has 1 aromatic carbocycles. The van der Waals surface area contributed by atoms with Crippen LogP contribution < -0.4 is 10.5 Å². The van der Waals surface area contributed by atoms with E-state index in [4.69, 9.17) is 14.9 Å². The van der Waals surface area contributed by atoms with Crippen molar-refractivity contribution in [2.45, 2.75) is 0 Å². The van der Waals surface area contributed by atoms with E-state index in [2.05, 4.69) is 0 Å². The van der Waals surface area contributed by atoms with Crippen LogP contribution in [0.2, 0.25) is 0 Å². The number of ketones is 1. The SMILES string of the molecule is COc1cc(C(=O)c2ccco2)ccc1N. The second-order valence-electron chi connectivity index (χ2n) is 3.26. The number of nitrogen functional groups attached to an aromatic ring is 1. The number of furan rings is 1. The summed E-state index contributed by atoms with van der Waals surface area (Å²) < 4.78 is 10.1. The van der Waals surface area contributed by atoms with Gasteiger partial charge in [0.05, 0.1) is 19.1 Å². The van der Waals surface area contributed by atoms with Crippen molar-refractivity contribution in [3.05, 3.63) is 47.9 Å². The van der Waals surface area contributed by atoms with Crippen LogP contribution in [-0.2, 0) is 0 Å². The van der Waals surface area contributed by atoms with Gasteiger partial charge in [-0.15, -0.1) is 0 Å². The van der Waals surface area contributed by atoms with Gasteiger partial charge in [0.2, 0.25) is 5.78 Å². The van der Waals surface area contributed by atoms with E-state index in [1.165, 1.54) is 13.4 Å². The lowest BCUT2D eigenvalue weighted by Gasteiger charge is -2.05. The highest BCUT2D eigenvalue weighted by Gasteiger charge is 2.13. The number of carbonyl (C=O) groups excluding carboxylic acids is 1. The highest BCUT2D eigenvalue weighted by atomic mass is 16.5. The molecular formula is C12H11NO3. The number of ether oxygens (including phenoxy) is 1. The fraction of sp³-hybridized carbons (Fsp3) is 0.0833. The van der Waals surface area contributed by atoms with Crippen LogP contribution in [-0.4, -0.2) is 12.9 Å². The smallest absolute Gasteiger partial charge is 0.228 e. The topological polar surface area (TPSA) is 65.5 Å². The Morgan fingerprint density at radius 3 is 2.81 bits per heavy atom. The Kier molecular flexibility index (Phi) is 2.64. The lowest BCUT2D eigenvalue weighted by atomic mass is 10.1. The van der Waals surface area contributed by atoms with Crippen molar-refractivity contribution in [2.24, 2.45) is 0 Å². The summed E-state index contributed by atoms with van der Waals surface area (Å²) in [7, 11) is 1.51. The van der Waals surface area contributed by atoms with Gasteiger partial charge >= 0.3 is 0 Å². The van der Waals surface area contributed by atoms with E-state index in [1.807, 2.05) is 0 Å². The third kappa shape index (κ3) is 1.77. The molecule has 1 aromatic heterocycles. The van der Waals surface area contributed by atoms with E-state index >= 15 is 0 Å². The van der Waals surface area contributed by atoms with E-state index in [-0.39, 0.29) is 5.78 Å². The zero-order chi connectivity index (χ0) is 11.5. The van der Waals surface area contributed by atoms with Crippen LogP contribution in [0.1, 0.15) is 16.1 Å². The molecule has 4 nitrogen and oxygen atoms in total. The molecular weight excluding hydrogens is 206 g/mol. The quantitative estimate of drug-likeness (QED) is 0.631. The van der Waals surface area contributed by atoms with Crippen molar-refractivity contribution < 1.29 is 13.9 Å². The Balaban J connectivity index is 2.38. The first kappa shape index (κ1) is 10.3. The predicted octanol–water partition coefficient (Wildman–Crippen LogP) is 2.10. The summed E-state index contributed by atoms with van der Waals surface area (Å²) in [5.74, 6) is 0.590. The second-order valence-corrected chi connectivity index (χ2v) is 3.26. The van der Waals surface area contributed by atoms with E-state index in [1.54, 1.807) is 30.3 Å². The van der Waals surface area contributed by atoms with Crippen molar-refractivity contribution in [3.63, 3.8) is 0 Å². The molecule has 0 fully saturated rings. The number of benzene rings is 1. The van der Waals surface area contributed by atoms with Crippen LogP contribution in [0.5, 0.6) is 5.75 Å². The third-order valence-electron chi connectivity index (χ3n) is 2.24. The minimum Gasteiger partial charge on any atom is -0.495 e. The zero-order valence-corrected chi connectivity index (χ0v) is 8.77. The molecule has 0 amide bonds. The lowest BCUT2D eigenvalue weighted by Crippen LogP contribution is -2.01. The molecule has 0 saturated heterocycles. The maximum absolute atomic E-state index is 11.9. The minimum atomic E-state index is -0.191. The molecule has 0 bridgehead atoms.